The largest absolute Gasteiger partial charge is 0.497 e. The van der Waals surface area contributed by atoms with Crippen LogP contribution in [0.4, 0.5) is 5.69 Å². The Bertz CT molecular complexity index is 796. The van der Waals surface area contributed by atoms with Gasteiger partial charge >= 0.3 is 0 Å². The third kappa shape index (κ3) is 3.82. The lowest BCUT2D eigenvalue weighted by atomic mass is 9.89. The average molecular weight is 359 g/mol. The Morgan fingerprint density at radius 1 is 1.44 bits per heavy atom. The number of amides is 2. The Morgan fingerprint density at radius 2 is 2.24 bits per heavy atom. The lowest BCUT2D eigenvalue weighted by Crippen LogP contribution is -2.36. The van der Waals surface area contributed by atoms with Gasteiger partial charge in [0.2, 0.25) is 11.8 Å². The number of benzene rings is 1. The number of ether oxygens (including phenoxy) is 1. The highest BCUT2D eigenvalue weighted by Crippen LogP contribution is 2.35. The second-order valence-corrected chi connectivity index (χ2v) is 7.34. The number of rotatable bonds is 5. The summed E-state index contributed by atoms with van der Waals surface area (Å²) >= 11 is 1.65. The number of carbonyl (C=O) groups excluding carboxylic acids is 2. The van der Waals surface area contributed by atoms with Crippen molar-refractivity contribution >= 4 is 28.8 Å². The fourth-order valence-corrected chi connectivity index (χ4v) is 3.80. The number of nitrogens with one attached hydrogen (secondary N) is 2. The number of methoxy groups -OCH3 is 1. The van der Waals surface area contributed by atoms with Crippen LogP contribution in [-0.4, -0.2) is 30.5 Å². The topological polar surface area (TPSA) is 80.3 Å². The molecule has 1 aliphatic heterocycles. The monoisotopic (exact) mass is 359 g/mol. The second-order valence-electron chi connectivity index (χ2n) is 6.05. The van der Waals surface area contributed by atoms with E-state index in [0.717, 1.165) is 16.3 Å². The van der Waals surface area contributed by atoms with Gasteiger partial charge in [-0.3, -0.25) is 9.59 Å². The molecule has 0 bridgehead atoms. The molecule has 1 aliphatic rings. The highest BCUT2D eigenvalue weighted by atomic mass is 32.1. The fraction of sp³-hybridized carbons (Fsp3) is 0.389. The summed E-state index contributed by atoms with van der Waals surface area (Å²) in [7, 11) is 1.58. The average Bonchev–Trinajstić information content (AvgIpc) is 2.91. The van der Waals surface area contributed by atoms with E-state index < -0.39 is 5.92 Å². The predicted octanol–water partition coefficient (Wildman–Crippen LogP) is 2.55. The SMILES string of the molecule is COc1ccc2c(c1)[C@@H](C(=O)NCCc1nc(C)c(C)s1)CC(=O)N2. The van der Waals surface area contributed by atoms with E-state index in [-0.39, 0.29) is 18.2 Å². The summed E-state index contributed by atoms with van der Waals surface area (Å²) in [5.74, 6) is -0.126. The van der Waals surface area contributed by atoms with Crippen LogP contribution in [0.3, 0.4) is 0 Å². The molecule has 7 heteroatoms. The van der Waals surface area contributed by atoms with Crippen molar-refractivity contribution in [2.45, 2.75) is 32.6 Å². The van der Waals surface area contributed by atoms with E-state index in [2.05, 4.69) is 15.6 Å². The van der Waals surface area contributed by atoms with Gasteiger partial charge in [-0.2, -0.15) is 0 Å². The minimum Gasteiger partial charge on any atom is -0.497 e. The fourth-order valence-electron chi connectivity index (χ4n) is 2.86. The number of thiazole rings is 1. The summed E-state index contributed by atoms with van der Waals surface area (Å²) in [6, 6.07) is 5.35. The third-order valence-corrected chi connectivity index (χ3v) is 5.46. The minimum absolute atomic E-state index is 0.140. The molecule has 2 aromatic rings. The van der Waals surface area contributed by atoms with E-state index in [4.69, 9.17) is 4.74 Å². The molecule has 1 aromatic carbocycles. The van der Waals surface area contributed by atoms with Crippen molar-refractivity contribution in [2.75, 3.05) is 19.0 Å². The van der Waals surface area contributed by atoms with Gasteiger partial charge in [0.15, 0.2) is 0 Å². The van der Waals surface area contributed by atoms with Crippen LogP contribution in [0.1, 0.15) is 33.5 Å². The number of hydrogen-bond donors (Lipinski definition) is 2. The first-order valence-electron chi connectivity index (χ1n) is 8.16. The zero-order valence-corrected chi connectivity index (χ0v) is 15.3. The maximum atomic E-state index is 12.6. The summed E-state index contributed by atoms with van der Waals surface area (Å²) in [4.78, 5) is 30.2. The van der Waals surface area contributed by atoms with E-state index in [1.807, 2.05) is 19.9 Å². The standard InChI is InChI=1S/C18H21N3O3S/c1-10-11(2)25-17(20-10)6-7-19-18(23)14-9-16(22)21-15-5-4-12(24-3)8-13(14)15/h4-5,8,14H,6-7,9H2,1-3H3,(H,19,23)(H,21,22)/t14-/m0/s1. The van der Waals surface area contributed by atoms with Crippen LogP contribution in [0.2, 0.25) is 0 Å². The molecule has 25 heavy (non-hydrogen) atoms. The normalized spacial score (nSPS) is 16.1. The Labute approximate surface area is 150 Å². The van der Waals surface area contributed by atoms with Gasteiger partial charge in [0.25, 0.3) is 0 Å². The maximum absolute atomic E-state index is 12.6. The third-order valence-electron chi connectivity index (χ3n) is 4.33. The highest BCUT2D eigenvalue weighted by Gasteiger charge is 2.30. The van der Waals surface area contributed by atoms with Crippen molar-refractivity contribution < 1.29 is 14.3 Å². The van der Waals surface area contributed by atoms with Crippen LogP contribution >= 0.6 is 11.3 Å². The van der Waals surface area contributed by atoms with E-state index in [1.165, 1.54) is 4.88 Å². The van der Waals surface area contributed by atoms with Gasteiger partial charge in [0, 0.05) is 30.0 Å². The van der Waals surface area contributed by atoms with Gasteiger partial charge in [-0.15, -0.1) is 11.3 Å². The molecule has 1 aromatic heterocycles. The zero-order chi connectivity index (χ0) is 18.0. The number of hydrogen-bond acceptors (Lipinski definition) is 5. The molecule has 0 radical (unpaired) electrons. The van der Waals surface area contributed by atoms with E-state index in [1.54, 1.807) is 30.6 Å². The number of aryl methyl sites for hydroxylation is 2. The molecule has 1 atom stereocenters. The maximum Gasteiger partial charge on any atom is 0.228 e. The molecule has 2 N–H and O–H groups in total. The molecule has 3 rings (SSSR count). The van der Waals surface area contributed by atoms with Crippen LogP contribution in [0.15, 0.2) is 18.2 Å². The van der Waals surface area contributed by atoms with Gasteiger partial charge in [-0.25, -0.2) is 4.98 Å². The van der Waals surface area contributed by atoms with Crippen molar-refractivity contribution in [3.63, 3.8) is 0 Å². The molecule has 132 valence electrons. The molecule has 0 unspecified atom stereocenters. The lowest BCUT2D eigenvalue weighted by molar-refractivity contribution is -0.126. The molecule has 2 heterocycles. The van der Waals surface area contributed by atoms with Crippen molar-refractivity contribution in [1.29, 1.82) is 0 Å². The van der Waals surface area contributed by atoms with E-state index in [9.17, 15) is 9.59 Å². The summed E-state index contributed by atoms with van der Waals surface area (Å²) in [5.41, 5.74) is 2.50. The van der Waals surface area contributed by atoms with Gasteiger partial charge in [-0.1, -0.05) is 0 Å². The predicted molar refractivity (Wildman–Crippen MR) is 97.3 cm³/mol. The molecule has 0 saturated heterocycles. The first-order valence-corrected chi connectivity index (χ1v) is 8.98. The zero-order valence-electron chi connectivity index (χ0n) is 14.5. The van der Waals surface area contributed by atoms with Crippen molar-refractivity contribution in [1.82, 2.24) is 10.3 Å². The number of nitrogens with zero attached hydrogens (tertiary/aromatic N) is 1. The molecule has 2 amide bonds. The summed E-state index contributed by atoms with van der Waals surface area (Å²) < 4.78 is 5.24. The Kier molecular flexibility index (Phi) is 5.03. The van der Waals surface area contributed by atoms with Crippen LogP contribution in [-0.2, 0) is 16.0 Å². The Morgan fingerprint density at radius 3 is 2.92 bits per heavy atom. The molecule has 0 fully saturated rings. The molecule has 0 saturated carbocycles. The number of carbonyl (C=O) groups is 2. The first kappa shape index (κ1) is 17.4. The Balaban J connectivity index is 1.68. The summed E-state index contributed by atoms with van der Waals surface area (Å²) in [6.07, 6.45) is 0.830. The van der Waals surface area contributed by atoms with Crippen molar-refractivity contribution in [2.24, 2.45) is 0 Å². The smallest absolute Gasteiger partial charge is 0.228 e. The quantitative estimate of drug-likeness (QED) is 0.860. The second kappa shape index (κ2) is 7.23. The van der Waals surface area contributed by atoms with Crippen LogP contribution in [0.25, 0.3) is 0 Å². The molecule has 6 nitrogen and oxygen atoms in total. The van der Waals surface area contributed by atoms with Gasteiger partial charge < -0.3 is 15.4 Å². The number of aromatic nitrogens is 1. The van der Waals surface area contributed by atoms with Crippen molar-refractivity contribution in [3.05, 3.63) is 39.3 Å². The molecule has 0 spiro atoms. The molecular formula is C18H21N3O3S. The summed E-state index contributed by atoms with van der Waals surface area (Å²) in [5, 5.41) is 6.75. The Hall–Kier alpha value is -2.41. The number of fused-ring (bicyclic) bond motifs is 1. The molecular weight excluding hydrogens is 338 g/mol. The van der Waals surface area contributed by atoms with Gasteiger partial charge in [-0.05, 0) is 37.6 Å². The van der Waals surface area contributed by atoms with Crippen LogP contribution < -0.4 is 15.4 Å². The van der Waals surface area contributed by atoms with Gasteiger partial charge in [0.1, 0.15) is 5.75 Å². The highest BCUT2D eigenvalue weighted by molar-refractivity contribution is 7.11. The first-order chi connectivity index (χ1) is 12.0. The lowest BCUT2D eigenvalue weighted by Gasteiger charge is -2.25. The molecule has 0 aliphatic carbocycles. The van der Waals surface area contributed by atoms with Crippen molar-refractivity contribution in [3.8, 4) is 5.75 Å². The van der Waals surface area contributed by atoms with E-state index in [0.29, 0.717) is 24.4 Å². The van der Waals surface area contributed by atoms with Crippen LogP contribution in [0, 0.1) is 13.8 Å². The van der Waals surface area contributed by atoms with Crippen LogP contribution in [0.5, 0.6) is 5.75 Å². The number of anilines is 1. The summed E-state index contributed by atoms with van der Waals surface area (Å²) in [6.45, 7) is 4.53. The van der Waals surface area contributed by atoms with Gasteiger partial charge in [0.05, 0.1) is 23.7 Å². The van der Waals surface area contributed by atoms with E-state index >= 15 is 0 Å². The minimum atomic E-state index is -0.501.